The number of hydrogen-bond donors (Lipinski definition) is 1. The maximum atomic E-state index is 14.1. The highest BCUT2D eigenvalue weighted by Gasteiger charge is 2.38. The molecule has 0 spiro atoms. The van der Waals surface area contributed by atoms with E-state index in [1.807, 2.05) is 0 Å². The zero-order valence-corrected chi connectivity index (χ0v) is 20.1. The van der Waals surface area contributed by atoms with E-state index in [2.05, 4.69) is 4.74 Å². The van der Waals surface area contributed by atoms with Crippen LogP contribution in [0.4, 0.5) is 32.0 Å². The molecule has 1 N–H and O–H groups in total. The van der Waals surface area contributed by atoms with Gasteiger partial charge in [-0.2, -0.15) is 22.0 Å². The molecule has 0 bridgehead atoms. The number of anilines is 1. The summed E-state index contributed by atoms with van der Waals surface area (Å²) in [7, 11) is -4.55. The van der Waals surface area contributed by atoms with Crippen molar-refractivity contribution >= 4 is 21.7 Å². The number of halogens is 6. The van der Waals surface area contributed by atoms with Crippen LogP contribution in [0, 0.1) is 5.82 Å². The van der Waals surface area contributed by atoms with Crippen molar-refractivity contribution in [2.75, 3.05) is 10.8 Å². The van der Waals surface area contributed by atoms with Crippen molar-refractivity contribution in [3.63, 3.8) is 0 Å². The zero-order valence-electron chi connectivity index (χ0n) is 19.3. The Kier molecular flexibility index (Phi) is 7.33. The summed E-state index contributed by atoms with van der Waals surface area (Å²) in [5.74, 6) is -3.08. The van der Waals surface area contributed by atoms with E-state index in [1.54, 1.807) is 0 Å². The normalized spacial score (nSPS) is 15.6. The SMILES string of the molecule is O=C(O)CCC1CN(S(=O)(=O)c2cccc(C(F)(F)F)c2)c2cc(-c3cc(F)cc(OC(F)F)c3)ccc21. The molecular weight excluding hydrogens is 540 g/mol. The van der Waals surface area contributed by atoms with Crippen molar-refractivity contribution in [3.8, 4) is 16.9 Å². The molecule has 3 aromatic carbocycles. The number of carbonyl (C=O) groups is 1. The van der Waals surface area contributed by atoms with E-state index >= 15 is 0 Å². The molecule has 1 aliphatic rings. The van der Waals surface area contributed by atoms with Gasteiger partial charge in [0.1, 0.15) is 11.6 Å². The van der Waals surface area contributed by atoms with Crippen molar-refractivity contribution in [1.82, 2.24) is 0 Å². The molecule has 1 heterocycles. The molecule has 1 aliphatic heterocycles. The van der Waals surface area contributed by atoms with Crippen molar-refractivity contribution < 1.29 is 49.4 Å². The average Bonchev–Trinajstić information content (AvgIpc) is 3.20. The van der Waals surface area contributed by atoms with E-state index in [1.165, 1.54) is 18.2 Å². The number of hydrogen-bond acceptors (Lipinski definition) is 4. The smallest absolute Gasteiger partial charge is 0.416 e. The summed E-state index contributed by atoms with van der Waals surface area (Å²) < 4.78 is 111. The van der Waals surface area contributed by atoms with Gasteiger partial charge < -0.3 is 9.84 Å². The van der Waals surface area contributed by atoms with Gasteiger partial charge in [-0.25, -0.2) is 12.8 Å². The highest BCUT2D eigenvalue weighted by molar-refractivity contribution is 7.92. The lowest BCUT2D eigenvalue weighted by Crippen LogP contribution is -2.30. The van der Waals surface area contributed by atoms with Gasteiger partial charge in [-0.3, -0.25) is 9.10 Å². The van der Waals surface area contributed by atoms with Crippen molar-refractivity contribution in [2.24, 2.45) is 0 Å². The Morgan fingerprint density at radius 3 is 2.45 bits per heavy atom. The minimum Gasteiger partial charge on any atom is -0.481 e. The quantitative estimate of drug-likeness (QED) is 0.329. The molecule has 0 amide bonds. The largest absolute Gasteiger partial charge is 0.481 e. The van der Waals surface area contributed by atoms with Crippen LogP contribution in [0.1, 0.15) is 29.9 Å². The molecule has 1 atom stereocenters. The van der Waals surface area contributed by atoms with E-state index < -0.39 is 56.7 Å². The molecule has 0 fully saturated rings. The summed E-state index contributed by atoms with van der Waals surface area (Å²) in [5, 5.41) is 9.10. The monoisotopic (exact) mass is 559 g/mol. The Morgan fingerprint density at radius 1 is 1.05 bits per heavy atom. The molecule has 1 unspecified atom stereocenters. The molecule has 202 valence electrons. The van der Waals surface area contributed by atoms with Crippen LogP contribution in [-0.4, -0.2) is 32.6 Å². The molecule has 4 rings (SSSR count). The van der Waals surface area contributed by atoms with Crippen molar-refractivity contribution in [3.05, 3.63) is 77.6 Å². The first-order valence-electron chi connectivity index (χ1n) is 11.1. The molecule has 38 heavy (non-hydrogen) atoms. The molecule has 3 aromatic rings. The van der Waals surface area contributed by atoms with Crippen molar-refractivity contribution in [2.45, 2.75) is 36.4 Å². The van der Waals surface area contributed by atoms with Gasteiger partial charge in [0.15, 0.2) is 0 Å². The minimum atomic E-state index is -4.79. The number of aliphatic carboxylic acids is 1. The standard InChI is InChI=1S/C25H19F6NO5S/c26-18-8-16(9-19(12-18)37-24(27)28)14-4-6-21-15(5-7-23(33)34)13-32(22(21)10-14)38(35,36)20-3-1-2-17(11-20)25(29,30)31/h1-4,6,8-12,15,24H,5,7,13H2,(H,33,34). The third-order valence-electron chi connectivity index (χ3n) is 6.01. The van der Waals surface area contributed by atoms with Gasteiger partial charge in [-0.1, -0.05) is 18.2 Å². The summed E-state index contributed by atoms with van der Waals surface area (Å²) in [4.78, 5) is 10.5. The lowest BCUT2D eigenvalue weighted by Gasteiger charge is -2.21. The Bertz CT molecular complexity index is 1480. The van der Waals surface area contributed by atoms with Crippen LogP contribution in [0.15, 0.2) is 65.6 Å². The molecule has 0 aliphatic carbocycles. The Balaban J connectivity index is 1.81. The topological polar surface area (TPSA) is 83.9 Å². The zero-order chi connectivity index (χ0) is 27.8. The fourth-order valence-corrected chi connectivity index (χ4v) is 5.89. The van der Waals surface area contributed by atoms with E-state index in [4.69, 9.17) is 5.11 Å². The van der Waals surface area contributed by atoms with Gasteiger partial charge in [0.2, 0.25) is 0 Å². The molecule has 0 saturated carbocycles. The maximum Gasteiger partial charge on any atom is 0.416 e. The van der Waals surface area contributed by atoms with E-state index in [0.717, 1.165) is 40.7 Å². The third kappa shape index (κ3) is 5.72. The molecule has 0 saturated heterocycles. The number of sulfonamides is 1. The highest BCUT2D eigenvalue weighted by Crippen LogP contribution is 2.44. The number of benzene rings is 3. The molecule has 6 nitrogen and oxygen atoms in total. The summed E-state index contributed by atoms with van der Waals surface area (Å²) >= 11 is 0. The predicted octanol–water partition coefficient (Wildman–Crippen LogP) is 6.27. The van der Waals surface area contributed by atoms with Gasteiger partial charge in [0, 0.05) is 24.9 Å². The van der Waals surface area contributed by atoms with E-state index in [9.17, 15) is 39.6 Å². The second kappa shape index (κ2) is 10.2. The number of carboxylic acid groups (broad SMARTS) is 1. The Hall–Kier alpha value is -3.74. The molecule has 13 heteroatoms. The van der Waals surface area contributed by atoms with Crippen molar-refractivity contribution in [1.29, 1.82) is 0 Å². The number of rotatable bonds is 8. The fraction of sp³-hybridized carbons (Fsp3) is 0.240. The third-order valence-corrected chi connectivity index (χ3v) is 7.79. The van der Waals surface area contributed by atoms with Crippen LogP contribution in [0.3, 0.4) is 0 Å². The lowest BCUT2D eigenvalue weighted by atomic mass is 9.94. The molecular formula is C25H19F6NO5S. The van der Waals surface area contributed by atoms with Gasteiger partial charge in [-0.05, 0) is 59.5 Å². The fourth-order valence-electron chi connectivity index (χ4n) is 4.31. The van der Waals surface area contributed by atoms with Gasteiger partial charge in [-0.15, -0.1) is 0 Å². The first-order chi connectivity index (χ1) is 17.8. The van der Waals surface area contributed by atoms with Crippen LogP contribution in [0.2, 0.25) is 0 Å². The summed E-state index contributed by atoms with van der Waals surface area (Å²) in [5.41, 5.74) is -0.401. The summed E-state index contributed by atoms with van der Waals surface area (Å²) in [6.45, 7) is -3.46. The number of carboxylic acids is 1. The minimum absolute atomic E-state index is 0.0443. The highest BCUT2D eigenvalue weighted by atomic mass is 32.2. The van der Waals surface area contributed by atoms with Crippen LogP contribution < -0.4 is 9.04 Å². The average molecular weight is 559 g/mol. The summed E-state index contributed by atoms with van der Waals surface area (Å²) in [6.07, 6.45) is -5.04. The first kappa shape index (κ1) is 27.3. The predicted molar refractivity (Wildman–Crippen MR) is 124 cm³/mol. The first-order valence-corrected chi connectivity index (χ1v) is 12.5. The van der Waals surface area contributed by atoms with Gasteiger partial charge in [0.05, 0.1) is 16.1 Å². The second-order valence-electron chi connectivity index (χ2n) is 8.52. The van der Waals surface area contributed by atoms with Gasteiger partial charge >= 0.3 is 18.8 Å². The lowest BCUT2D eigenvalue weighted by molar-refractivity contribution is -0.138. The second-order valence-corrected chi connectivity index (χ2v) is 10.4. The number of alkyl halides is 5. The number of nitrogens with zero attached hydrogens (tertiary/aromatic N) is 1. The van der Waals surface area contributed by atoms with E-state index in [0.29, 0.717) is 11.6 Å². The van der Waals surface area contributed by atoms with Crippen LogP contribution >= 0.6 is 0 Å². The maximum absolute atomic E-state index is 14.1. The van der Waals surface area contributed by atoms with Crippen LogP contribution in [-0.2, 0) is 21.0 Å². The summed E-state index contributed by atoms with van der Waals surface area (Å²) in [6, 6.07) is 10.4. The molecule has 0 radical (unpaired) electrons. The molecule has 0 aromatic heterocycles. The Labute approximate surface area is 213 Å². The Morgan fingerprint density at radius 2 is 1.79 bits per heavy atom. The van der Waals surface area contributed by atoms with Crippen LogP contribution in [0.5, 0.6) is 5.75 Å². The van der Waals surface area contributed by atoms with Gasteiger partial charge in [0.25, 0.3) is 10.0 Å². The number of ether oxygens (including phenoxy) is 1. The van der Waals surface area contributed by atoms with Crippen LogP contribution in [0.25, 0.3) is 11.1 Å². The number of fused-ring (bicyclic) bond motifs is 1. The van der Waals surface area contributed by atoms with E-state index in [-0.39, 0.29) is 36.2 Å².